The fourth-order valence-corrected chi connectivity index (χ4v) is 0.755. The molecule has 78 valence electrons. The molecule has 3 nitrogen and oxygen atoms in total. The first-order valence-electron chi connectivity index (χ1n) is 4.60. The number of rotatable bonds is 1. The largest absolute Gasteiger partial charge is 0.508 e. The highest BCUT2D eigenvalue weighted by molar-refractivity contribution is 5.76. The zero-order valence-electron chi connectivity index (χ0n) is 9.11. The number of aliphatic imine (C=N–C) groups is 1. The van der Waals surface area contributed by atoms with E-state index < -0.39 is 0 Å². The highest BCUT2D eigenvalue weighted by Crippen LogP contribution is 2.16. The Morgan fingerprint density at radius 1 is 1.21 bits per heavy atom. The Morgan fingerprint density at radius 2 is 1.71 bits per heavy atom. The quantitative estimate of drug-likeness (QED) is 0.552. The van der Waals surface area contributed by atoms with Crippen LogP contribution < -0.4 is 0 Å². The van der Waals surface area contributed by atoms with Crippen molar-refractivity contribution in [2.45, 2.75) is 20.8 Å². The third-order valence-electron chi connectivity index (χ3n) is 1.43. The fourth-order valence-electron chi connectivity index (χ4n) is 0.755. The van der Waals surface area contributed by atoms with Crippen molar-refractivity contribution in [2.24, 2.45) is 4.99 Å². The molecular formula is C11H17NO2. The second kappa shape index (κ2) is 6.95. The molecule has 0 aliphatic rings. The molecule has 0 atom stereocenters. The molecule has 1 rings (SSSR count). The number of nitrogens with zero attached hydrogens (tertiary/aromatic N) is 1. The second-order valence-corrected chi connectivity index (χ2v) is 2.35. The highest BCUT2D eigenvalue weighted by atomic mass is 16.5. The lowest BCUT2D eigenvalue weighted by Gasteiger charge is -1.97. The summed E-state index contributed by atoms with van der Waals surface area (Å²) in [5.74, 6) is 0.838. The van der Waals surface area contributed by atoms with Crippen molar-refractivity contribution in [3.8, 4) is 5.75 Å². The Balaban J connectivity index is 0.000000791. The average Bonchev–Trinajstić information content (AvgIpc) is 2.24. The topological polar surface area (TPSA) is 41.8 Å². The first-order valence-corrected chi connectivity index (χ1v) is 4.60. The van der Waals surface area contributed by atoms with Gasteiger partial charge in [0.2, 0.25) is 0 Å². The first kappa shape index (κ1) is 12.5. The summed E-state index contributed by atoms with van der Waals surface area (Å²) in [5, 5.41) is 8.97. The van der Waals surface area contributed by atoms with Crippen LogP contribution in [0.25, 0.3) is 0 Å². The van der Waals surface area contributed by atoms with Crippen LogP contribution in [0.5, 0.6) is 5.75 Å². The molecule has 0 saturated heterocycles. The molecule has 0 aromatic heterocycles. The van der Waals surface area contributed by atoms with Crippen LogP contribution in [-0.4, -0.2) is 18.1 Å². The number of phenolic OH excluding ortho intramolecular Hbond substituents is 1. The smallest absolute Gasteiger partial charge is 0.184 e. The Labute approximate surface area is 85.1 Å². The van der Waals surface area contributed by atoms with Crippen LogP contribution in [0.15, 0.2) is 29.3 Å². The van der Waals surface area contributed by atoms with Crippen LogP contribution in [0.2, 0.25) is 0 Å². The van der Waals surface area contributed by atoms with E-state index in [9.17, 15) is 0 Å². The summed E-state index contributed by atoms with van der Waals surface area (Å²) in [6.07, 6.45) is 0. The van der Waals surface area contributed by atoms with Crippen LogP contribution in [0, 0.1) is 0 Å². The van der Waals surface area contributed by atoms with Gasteiger partial charge in [0.15, 0.2) is 5.90 Å². The van der Waals surface area contributed by atoms with Gasteiger partial charge in [-0.15, -0.1) is 0 Å². The van der Waals surface area contributed by atoms with E-state index in [0.29, 0.717) is 5.90 Å². The summed E-state index contributed by atoms with van der Waals surface area (Å²) >= 11 is 0. The number of methoxy groups -OCH3 is 1. The molecule has 0 spiro atoms. The maximum atomic E-state index is 8.97. The van der Waals surface area contributed by atoms with Gasteiger partial charge >= 0.3 is 0 Å². The van der Waals surface area contributed by atoms with Crippen molar-refractivity contribution in [3.05, 3.63) is 24.3 Å². The summed E-state index contributed by atoms with van der Waals surface area (Å²) < 4.78 is 4.87. The second-order valence-electron chi connectivity index (χ2n) is 2.35. The predicted octanol–water partition coefficient (Wildman–Crippen LogP) is 3.11. The van der Waals surface area contributed by atoms with Gasteiger partial charge in [-0.25, -0.2) is 4.99 Å². The standard InChI is InChI=1S/C9H11NO2.C2H6/c1-7(12-2)10-8-3-5-9(11)6-4-8;1-2/h3-6,11H,1-2H3;1-2H3. The van der Waals surface area contributed by atoms with Gasteiger partial charge in [-0.1, -0.05) is 13.8 Å². The summed E-state index contributed by atoms with van der Waals surface area (Å²) in [6, 6.07) is 6.61. The van der Waals surface area contributed by atoms with Crippen molar-refractivity contribution in [1.82, 2.24) is 0 Å². The fraction of sp³-hybridized carbons (Fsp3) is 0.364. The third-order valence-corrected chi connectivity index (χ3v) is 1.43. The van der Waals surface area contributed by atoms with Crippen molar-refractivity contribution in [3.63, 3.8) is 0 Å². The number of phenols is 1. The summed E-state index contributed by atoms with van der Waals surface area (Å²) in [6.45, 7) is 5.77. The number of aromatic hydroxyl groups is 1. The van der Waals surface area contributed by atoms with Crippen LogP contribution in [0.4, 0.5) is 5.69 Å². The number of benzene rings is 1. The molecule has 0 aliphatic carbocycles. The van der Waals surface area contributed by atoms with Gasteiger partial charge in [-0.05, 0) is 24.3 Å². The van der Waals surface area contributed by atoms with Crippen molar-refractivity contribution >= 4 is 11.6 Å². The van der Waals surface area contributed by atoms with Gasteiger partial charge in [-0.3, -0.25) is 0 Å². The minimum absolute atomic E-state index is 0.240. The van der Waals surface area contributed by atoms with Crippen LogP contribution in [0.1, 0.15) is 20.8 Å². The number of hydrogen-bond donors (Lipinski definition) is 1. The zero-order chi connectivity index (χ0) is 11.0. The molecule has 0 unspecified atom stereocenters. The molecule has 3 heteroatoms. The lowest BCUT2D eigenvalue weighted by molar-refractivity contribution is 0.400. The molecule has 1 aromatic carbocycles. The molecule has 0 amide bonds. The van der Waals surface area contributed by atoms with E-state index >= 15 is 0 Å². The van der Waals surface area contributed by atoms with E-state index in [1.165, 1.54) is 0 Å². The van der Waals surface area contributed by atoms with Crippen LogP contribution in [-0.2, 0) is 4.74 Å². The molecule has 0 fully saturated rings. The van der Waals surface area contributed by atoms with E-state index in [-0.39, 0.29) is 5.75 Å². The summed E-state index contributed by atoms with van der Waals surface area (Å²) in [5.41, 5.74) is 0.771. The maximum absolute atomic E-state index is 8.97. The lowest BCUT2D eigenvalue weighted by atomic mass is 10.3. The van der Waals surface area contributed by atoms with Gasteiger partial charge in [0.25, 0.3) is 0 Å². The summed E-state index contributed by atoms with van der Waals surface area (Å²) in [4.78, 5) is 4.10. The Morgan fingerprint density at radius 3 is 2.14 bits per heavy atom. The monoisotopic (exact) mass is 195 g/mol. The van der Waals surface area contributed by atoms with E-state index in [2.05, 4.69) is 4.99 Å². The van der Waals surface area contributed by atoms with E-state index in [1.807, 2.05) is 13.8 Å². The first-order chi connectivity index (χ1) is 6.72. The highest BCUT2D eigenvalue weighted by Gasteiger charge is 1.91. The van der Waals surface area contributed by atoms with E-state index in [0.717, 1.165) is 5.69 Å². The Hall–Kier alpha value is -1.51. The molecular weight excluding hydrogens is 178 g/mol. The molecule has 0 radical (unpaired) electrons. The van der Waals surface area contributed by atoms with Gasteiger partial charge in [0.1, 0.15) is 5.75 Å². The van der Waals surface area contributed by atoms with Crippen LogP contribution >= 0.6 is 0 Å². The van der Waals surface area contributed by atoms with Gasteiger partial charge in [-0.2, -0.15) is 0 Å². The third kappa shape index (κ3) is 4.50. The van der Waals surface area contributed by atoms with Crippen LogP contribution in [0.3, 0.4) is 0 Å². The van der Waals surface area contributed by atoms with E-state index in [4.69, 9.17) is 9.84 Å². The van der Waals surface area contributed by atoms with Gasteiger partial charge in [0, 0.05) is 6.92 Å². The van der Waals surface area contributed by atoms with E-state index in [1.54, 1.807) is 38.3 Å². The van der Waals surface area contributed by atoms with Crippen molar-refractivity contribution in [2.75, 3.05) is 7.11 Å². The minimum Gasteiger partial charge on any atom is -0.508 e. The molecule has 0 bridgehead atoms. The average molecular weight is 195 g/mol. The minimum atomic E-state index is 0.240. The lowest BCUT2D eigenvalue weighted by Crippen LogP contribution is -1.91. The SMILES string of the molecule is CC.COC(C)=Nc1ccc(O)cc1. The molecule has 1 aromatic rings. The molecule has 1 N–H and O–H groups in total. The van der Waals surface area contributed by atoms with Crippen molar-refractivity contribution in [1.29, 1.82) is 0 Å². The summed E-state index contributed by atoms with van der Waals surface area (Å²) in [7, 11) is 1.57. The number of hydrogen-bond acceptors (Lipinski definition) is 3. The molecule has 0 heterocycles. The Bertz CT molecular complexity index is 278. The molecule has 0 saturated carbocycles. The molecule has 14 heavy (non-hydrogen) atoms. The number of ether oxygens (including phenoxy) is 1. The zero-order valence-corrected chi connectivity index (χ0v) is 9.11. The molecule has 0 aliphatic heterocycles. The predicted molar refractivity (Wildman–Crippen MR) is 59.2 cm³/mol. The van der Waals surface area contributed by atoms with Gasteiger partial charge < -0.3 is 9.84 Å². The normalized spacial score (nSPS) is 10.1. The van der Waals surface area contributed by atoms with Gasteiger partial charge in [0.05, 0.1) is 12.8 Å². The van der Waals surface area contributed by atoms with Crippen molar-refractivity contribution < 1.29 is 9.84 Å². The Kier molecular flexibility index (Phi) is 6.20. The maximum Gasteiger partial charge on any atom is 0.184 e.